The van der Waals surface area contributed by atoms with E-state index in [1.807, 2.05) is 30.3 Å². The average molecular weight is 217 g/mol. The fourth-order valence-electron chi connectivity index (χ4n) is 0.576. The minimum atomic E-state index is 0. The standard InChI is InChI=1S/C8H5Cl.BrH/c9-7-6-8-4-2-1-3-5-8;/h1-5H;1H. The summed E-state index contributed by atoms with van der Waals surface area (Å²) in [5, 5.41) is 2.31. The molecule has 0 amide bonds. The van der Waals surface area contributed by atoms with Gasteiger partial charge in [-0.25, -0.2) is 0 Å². The Kier molecular flexibility index (Phi) is 5.10. The zero-order chi connectivity index (χ0) is 6.53. The van der Waals surface area contributed by atoms with Crippen LogP contribution in [0.25, 0.3) is 0 Å². The Balaban J connectivity index is 0.000000810. The van der Waals surface area contributed by atoms with E-state index in [1.165, 1.54) is 0 Å². The van der Waals surface area contributed by atoms with Crippen LogP contribution in [-0.4, -0.2) is 0 Å². The van der Waals surface area contributed by atoms with Crippen molar-refractivity contribution in [1.82, 2.24) is 0 Å². The first-order valence-corrected chi connectivity index (χ1v) is 2.98. The SMILES string of the molecule is Br.ClC#Cc1ccccc1. The Bertz CT molecular complexity index is 232. The molecule has 0 nitrogen and oxygen atoms in total. The zero-order valence-corrected chi connectivity index (χ0v) is 7.64. The van der Waals surface area contributed by atoms with Crippen LogP contribution in [0.2, 0.25) is 0 Å². The molecule has 0 unspecified atom stereocenters. The Morgan fingerprint density at radius 2 is 1.70 bits per heavy atom. The molecule has 0 aliphatic carbocycles. The van der Waals surface area contributed by atoms with Crippen molar-refractivity contribution in [3.63, 3.8) is 0 Å². The van der Waals surface area contributed by atoms with Crippen molar-refractivity contribution in [2.24, 2.45) is 0 Å². The van der Waals surface area contributed by atoms with Crippen LogP contribution in [0.15, 0.2) is 30.3 Å². The summed E-state index contributed by atoms with van der Waals surface area (Å²) in [5.41, 5.74) is 0.951. The second-order valence-electron chi connectivity index (χ2n) is 1.59. The van der Waals surface area contributed by atoms with Crippen molar-refractivity contribution in [3.8, 4) is 11.3 Å². The summed E-state index contributed by atoms with van der Waals surface area (Å²) in [7, 11) is 0. The fourth-order valence-corrected chi connectivity index (χ4v) is 0.685. The molecule has 52 valence electrons. The van der Waals surface area contributed by atoms with Crippen molar-refractivity contribution in [1.29, 1.82) is 0 Å². The van der Waals surface area contributed by atoms with E-state index in [-0.39, 0.29) is 17.0 Å². The van der Waals surface area contributed by atoms with E-state index in [2.05, 4.69) is 11.3 Å². The Morgan fingerprint density at radius 1 is 1.10 bits per heavy atom. The van der Waals surface area contributed by atoms with Crippen molar-refractivity contribution in [2.45, 2.75) is 0 Å². The van der Waals surface area contributed by atoms with Crippen molar-refractivity contribution in [2.75, 3.05) is 0 Å². The topological polar surface area (TPSA) is 0 Å². The molecular weight excluding hydrogens is 211 g/mol. The summed E-state index contributed by atoms with van der Waals surface area (Å²) in [6.07, 6.45) is 0. The van der Waals surface area contributed by atoms with Crippen LogP contribution in [0, 0.1) is 11.3 Å². The van der Waals surface area contributed by atoms with Crippen LogP contribution in [0.3, 0.4) is 0 Å². The highest BCUT2D eigenvalue weighted by Gasteiger charge is 1.78. The van der Waals surface area contributed by atoms with Gasteiger partial charge in [-0.05, 0) is 29.7 Å². The molecule has 0 saturated carbocycles. The minimum absolute atomic E-state index is 0. The van der Waals surface area contributed by atoms with E-state index in [4.69, 9.17) is 11.6 Å². The van der Waals surface area contributed by atoms with Crippen molar-refractivity contribution < 1.29 is 0 Å². The number of hydrogen-bond donors (Lipinski definition) is 0. The highest BCUT2D eigenvalue weighted by Crippen LogP contribution is 1.94. The summed E-state index contributed by atoms with van der Waals surface area (Å²) >= 11 is 5.17. The molecule has 0 spiro atoms. The molecule has 2 heteroatoms. The lowest BCUT2D eigenvalue weighted by Gasteiger charge is -1.82. The zero-order valence-electron chi connectivity index (χ0n) is 5.17. The maximum atomic E-state index is 5.17. The van der Waals surface area contributed by atoms with E-state index >= 15 is 0 Å². The first-order chi connectivity index (χ1) is 4.43. The maximum Gasteiger partial charge on any atom is 0.0257 e. The molecule has 0 aliphatic heterocycles. The van der Waals surface area contributed by atoms with Crippen LogP contribution in [0.4, 0.5) is 0 Å². The first kappa shape index (κ1) is 9.55. The molecule has 0 heterocycles. The Hall–Kier alpha value is -0.450. The molecule has 1 rings (SSSR count). The Morgan fingerprint density at radius 3 is 2.20 bits per heavy atom. The van der Waals surface area contributed by atoms with E-state index in [0.717, 1.165) is 5.56 Å². The van der Waals surface area contributed by atoms with Gasteiger partial charge in [-0.15, -0.1) is 17.0 Å². The van der Waals surface area contributed by atoms with Gasteiger partial charge in [0.2, 0.25) is 0 Å². The van der Waals surface area contributed by atoms with Gasteiger partial charge >= 0.3 is 0 Å². The van der Waals surface area contributed by atoms with Gasteiger partial charge in [0.25, 0.3) is 0 Å². The molecule has 10 heavy (non-hydrogen) atoms. The monoisotopic (exact) mass is 216 g/mol. The molecule has 0 saturated heterocycles. The predicted octanol–water partition coefficient (Wildman–Crippen LogP) is 2.81. The summed E-state index contributed by atoms with van der Waals surface area (Å²) in [4.78, 5) is 0. The van der Waals surface area contributed by atoms with E-state index in [0.29, 0.717) is 0 Å². The third kappa shape index (κ3) is 2.91. The molecule has 0 bridgehead atoms. The van der Waals surface area contributed by atoms with Crippen molar-refractivity contribution >= 4 is 28.6 Å². The molecule has 0 radical (unpaired) electrons. The number of halogens is 2. The lowest BCUT2D eigenvalue weighted by Crippen LogP contribution is -1.67. The molecule has 0 N–H and O–H groups in total. The van der Waals surface area contributed by atoms with E-state index in [9.17, 15) is 0 Å². The summed E-state index contributed by atoms with van der Waals surface area (Å²) in [6.45, 7) is 0. The van der Waals surface area contributed by atoms with E-state index in [1.54, 1.807) is 0 Å². The molecule has 0 fully saturated rings. The van der Waals surface area contributed by atoms with Gasteiger partial charge in [0.15, 0.2) is 0 Å². The van der Waals surface area contributed by atoms with Crippen LogP contribution >= 0.6 is 28.6 Å². The second kappa shape index (κ2) is 5.34. The van der Waals surface area contributed by atoms with Crippen LogP contribution in [0.1, 0.15) is 5.56 Å². The largest absolute Gasteiger partial charge is 0.114 e. The molecular formula is C8H6BrCl. The molecule has 0 aromatic heterocycles. The number of rotatable bonds is 0. The normalized spacial score (nSPS) is 6.90. The lowest BCUT2D eigenvalue weighted by atomic mass is 10.2. The highest BCUT2D eigenvalue weighted by atomic mass is 79.9. The smallest absolute Gasteiger partial charge is 0.0257 e. The second-order valence-corrected chi connectivity index (χ2v) is 1.77. The third-order valence-corrected chi connectivity index (χ3v) is 1.06. The average Bonchev–Trinajstić information content (AvgIpc) is 1.91. The van der Waals surface area contributed by atoms with Gasteiger partial charge in [0.1, 0.15) is 0 Å². The van der Waals surface area contributed by atoms with E-state index < -0.39 is 0 Å². The Labute approximate surface area is 76.0 Å². The number of benzene rings is 1. The molecule has 1 aromatic rings. The lowest BCUT2D eigenvalue weighted by molar-refractivity contribution is 1.65. The van der Waals surface area contributed by atoms with Gasteiger partial charge in [-0.2, -0.15) is 0 Å². The number of hydrogen-bond acceptors (Lipinski definition) is 0. The summed E-state index contributed by atoms with van der Waals surface area (Å²) < 4.78 is 0. The van der Waals surface area contributed by atoms with Gasteiger partial charge in [-0.1, -0.05) is 18.2 Å². The van der Waals surface area contributed by atoms with Gasteiger partial charge in [0, 0.05) is 10.9 Å². The summed E-state index contributed by atoms with van der Waals surface area (Å²) in [6, 6.07) is 9.62. The van der Waals surface area contributed by atoms with Gasteiger partial charge in [-0.3, -0.25) is 0 Å². The fraction of sp³-hybridized carbons (Fsp3) is 0. The third-order valence-electron chi connectivity index (χ3n) is 0.965. The first-order valence-electron chi connectivity index (χ1n) is 2.60. The highest BCUT2D eigenvalue weighted by molar-refractivity contribution is 8.93. The minimum Gasteiger partial charge on any atom is -0.114 e. The van der Waals surface area contributed by atoms with Crippen LogP contribution in [-0.2, 0) is 0 Å². The van der Waals surface area contributed by atoms with Gasteiger partial charge in [0.05, 0.1) is 0 Å². The quantitative estimate of drug-likeness (QED) is 0.586. The molecule has 1 aromatic carbocycles. The summed E-state index contributed by atoms with van der Waals surface area (Å²) in [5.74, 6) is 2.72. The van der Waals surface area contributed by atoms with Crippen LogP contribution in [0.5, 0.6) is 0 Å². The maximum absolute atomic E-state index is 5.17. The van der Waals surface area contributed by atoms with Crippen LogP contribution < -0.4 is 0 Å². The molecule has 0 atom stereocenters. The molecule has 0 aliphatic rings. The van der Waals surface area contributed by atoms with Gasteiger partial charge < -0.3 is 0 Å². The predicted molar refractivity (Wildman–Crippen MR) is 49.5 cm³/mol. The van der Waals surface area contributed by atoms with Crippen molar-refractivity contribution in [3.05, 3.63) is 35.9 Å².